The van der Waals surface area contributed by atoms with E-state index in [1.807, 2.05) is 15.8 Å². The first-order valence-corrected chi connectivity index (χ1v) is 8.87. The van der Waals surface area contributed by atoms with Crippen molar-refractivity contribution in [1.29, 1.82) is 0 Å². The summed E-state index contributed by atoms with van der Waals surface area (Å²) in [7, 11) is 0. The first-order chi connectivity index (χ1) is 10.9. The van der Waals surface area contributed by atoms with Crippen LogP contribution in [-0.2, 0) is 0 Å². The fourth-order valence-electron chi connectivity index (χ4n) is 3.74. The molecule has 136 valence electrons. The summed E-state index contributed by atoms with van der Waals surface area (Å²) in [5, 5.41) is 11.7. The third-order valence-corrected chi connectivity index (χ3v) is 5.42. The summed E-state index contributed by atoms with van der Waals surface area (Å²) in [6, 6.07) is 0.372. The second-order valence-electron chi connectivity index (χ2n) is 8.00. The number of nitrogens with one attached hydrogen (secondary N) is 1. The molecule has 0 saturated carbocycles. The smallest absolute Gasteiger partial charge is 0.276 e. The van der Waals surface area contributed by atoms with Gasteiger partial charge in [0.05, 0.1) is 12.2 Å². The van der Waals surface area contributed by atoms with Gasteiger partial charge in [-0.3, -0.25) is 4.79 Å². The van der Waals surface area contributed by atoms with Crippen LogP contribution in [0.1, 0.15) is 63.0 Å². The lowest BCUT2D eigenvalue weighted by molar-refractivity contribution is 0.0603. The van der Waals surface area contributed by atoms with Crippen molar-refractivity contribution in [2.75, 3.05) is 26.2 Å². The molecule has 3 heterocycles. The molecule has 24 heavy (non-hydrogen) atoms. The van der Waals surface area contributed by atoms with Crippen molar-refractivity contribution in [3.8, 4) is 0 Å². The van der Waals surface area contributed by atoms with Crippen LogP contribution in [0, 0.1) is 11.3 Å². The summed E-state index contributed by atoms with van der Waals surface area (Å²) in [4.78, 5) is 14.6. The SMILES string of the molecule is CC(C)(C)C1CCN(C(=O)c2cn(C3CCNCC3)nn2)CC1.Cl. The van der Waals surface area contributed by atoms with Crippen LogP contribution in [0.2, 0.25) is 0 Å². The molecule has 6 nitrogen and oxygen atoms in total. The highest BCUT2D eigenvalue weighted by Gasteiger charge is 2.31. The Morgan fingerprint density at radius 1 is 1.17 bits per heavy atom. The van der Waals surface area contributed by atoms with Gasteiger partial charge in [-0.15, -0.1) is 17.5 Å². The van der Waals surface area contributed by atoms with E-state index in [4.69, 9.17) is 0 Å². The molecule has 0 spiro atoms. The van der Waals surface area contributed by atoms with Crippen molar-refractivity contribution in [2.24, 2.45) is 11.3 Å². The van der Waals surface area contributed by atoms with Crippen LogP contribution in [0.3, 0.4) is 0 Å². The Morgan fingerprint density at radius 3 is 2.38 bits per heavy atom. The summed E-state index contributed by atoms with van der Waals surface area (Å²) in [5.41, 5.74) is 0.825. The van der Waals surface area contributed by atoms with Crippen molar-refractivity contribution in [1.82, 2.24) is 25.2 Å². The second kappa shape index (κ2) is 7.83. The Kier molecular flexibility index (Phi) is 6.26. The molecule has 2 fully saturated rings. The van der Waals surface area contributed by atoms with E-state index in [0.29, 0.717) is 23.1 Å². The first kappa shape index (κ1) is 19.2. The van der Waals surface area contributed by atoms with Gasteiger partial charge in [-0.2, -0.15) is 0 Å². The Labute approximate surface area is 150 Å². The molecule has 1 aromatic heterocycles. The largest absolute Gasteiger partial charge is 0.337 e. The lowest BCUT2D eigenvalue weighted by Crippen LogP contribution is -2.41. The van der Waals surface area contributed by atoms with Crippen LogP contribution in [0.15, 0.2) is 6.20 Å². The van der Waals surface area contributed by atoms with E-state index in [1.165, 1.54) is 0 Å². The number of halogens is 1. The van der Waals surface area contributed by atoms with Gasteiger partial charge in [0.2, 0.25) is 0 Å². The number of carbonyl (C=O) groups excluding carboxylic acids is 1. The van der Waals surface area contributed by atoms with Crippen LogP contribution in [0.25, 0.3) is 0 Å². The fourth-order valence-corrected chi connectivity index (χ4v) is 3.74. The first-order valence-electron chi connectivity index (χ1n) is 8.87. The van der Waals surface area contributed by atoms with Crippen LogP contribution < -0.4 is 5.32 Å². The van der Waals surface area contributed by atoms with Gasteiger partial charge in [0, 0.05) is 13.1 Å². The van der Waals surface area contributed by atoms with Gasteiger partial charge in [0.15, 0.2) is 5.69 Å². The molecule has 3 rings (SSSR count). The number of aromatic nitrogens is 3. The molecule has 0 aromatic carbocycles. The molecular formula is C17H30ClN5O. The number of piperidine rings is 2. The van der Waals surface area contributed by atoms with Gasteiger partial charge in [0.1, 0.15) is 0 Å². The van der Waals surface area contributed by atoms with E-state index < -0.39 is 0 Å². The molecule has 0 unspecified atom stereocenters. The molecule has 7 heteroatoms. The molecule has 0 radical (unpaired) electrons. The molecule has 0 atom stereocenters. The zero-order chi connectivity index (χ0) is 16.4. The van der Waals surface area contributed by atoms with Crippen molar-refractivity contribution in [2.45, 2.75) is 52.5 Å². The predicted molar refractivity (Wildman–Crippen MR) is 96.5 cm³/mol. The zero-order valence-corrected chi connectivity index (χ0v) is 15.8. The Hall–Kier alpha value is -1.14. The number of amides is 1. The van der Waals surface area contributed by atoms with Crippen LogP contribution in [0.4, 0.5) is 0 Å². The van der Waals surface area contributed by atoms with Crippen LogP contribution >= 0.6 is 12.4 Å². The normalized spacial score (nSPS) is 20.7. The molecule has 0 aliphatic carbocycles. The number of nitrogens with zero attached hydrogens (tertiary/aromatic N) is 4. The van der Waals surface area contributed by atoms with Crippen molar-refractivity contribution in [3.63, 3.8) is 0 Å². The lowest BCUT2D eigenvalue weighted by Gasteiger charge is -2.38. The van der Waals surface area contributed by atoms with Gasteiger partial charge >= 0.3 is 0 Å². The van der Waals surface area contributed by atoms with Gasteiger partial charge < -0.3 is 10.2 Å². The van der Waals surface area contributed by atoms with E-state index in [9.17, 15) is 4.79 Å². The maximum atomic E-state index is 12.6. The van der Waals surface area contributed by atoms with Crippen LogP contribution in [-0.4, -0.2) is 52.0 Å². The van der Waals surface area contributed by atoms with E-state index >= 15 is 0 Å². The minimum Gasteiger partial charge on any atom is -0.337 e. The standard InChI is InChI=1S/C17H29N5O.ClH/c1-17(2,3)13-6-10-21(11-7-13)16(23)15-12-22(20-19-15)14-4-8-18-9-5-14;/h12-14,18H,4-11H2,1-3H3;1H. The summed E-state index contributed by atoms with van der Waals surface area (Å²) < 4.78 is 1.88. The average molecular weight is 356 g/mol. The van der Waals surface area contributed by atoms with Gasteiger partial charge in [-0.1, -0.05) is 26.0 Å². The number of hydrogen-bond acceptors (Lipinski definition) is 4. The van der Waals surface area contributed by atoms with Gasteiger partial charge in [0.25, 0.3) is 5.91 Å². The van der Waals surface area contributed by atoms with Crippen molar-refractivity contribution in [3.05, 3.63) is 11.9 Å². The van der Waals surface area contributed by atoms with Gasteiger partial charge in [-0.25, -0.2) is 4.68 Å². The number of rotatable bonds is 2. The van der Waals surface area contributed by atoms with E-state index in [2.05, 4.69) is 36.4 Å². The Bertz CT molecular complexity index is 539. The number of carbonyl (C=O) groups is 1. The van der Waals surface area contributed by atoms with Crippen molar-refractivity contribution >= 4 is 18.3 Å². The minimum absolute atomic E-state index is 0. The summed E-state index contributed by atoms with van der Waals surface area (Å²) >= 11 is 0. The maximum absolute atomic E-state index is 12.6. The second-order valence-corrected chi connectivity index (χ2v) is 8.00. The summed E-state index contributed by atoms with van der Waals surface area (Å²) in [6.45, 7) is 10.6. The highest BCUT2D eigenvalue weighted by atomic mass is 35.5. The summed E-state index contributed by atoms with van der Waals surface area (Å²) in [6.07, 6.45) is 6.10. The van der Waals surface area contributed by atoms with Crippen molar-refractivity contribution < 1.29 is 4.79 Å². The third kappa shape index (κ3) is 4.28. The molecule has 2 aliphatic heterocycles. The molecule has 2 aliphatic rings. The van der Waals surface area contributed by atoms with Gasteiger partial charge in [-0.05, 0) is 50.1 Å². The maximum Gasteiger partial charge on any atom is 0.276 e. The minimum atomic E-state index is 0. The third-order valence-electron chi connectivity index (χ3n) is 5.42. The van der Waals surface area contributed by atoms with Crippen LogP contribution in [0.5, 0.6) is 0 Å². The quantitative estimate of drug-likeness (QED) is 0.885. The molecule has 0 bridgehead atoms. The molecule has 1 aromatic rings. The highest BCUT2D eigenvalue weighted by molar-refractivity contribution is 5.92. The molecule has 1 N–H and O–H groups in total. The molecular weight excluding hydrogens is 326 g/mol. The Balaban J connectivity index is 0.00000208. The monoisotopic (exact) mass is 355 g/mol. The average Bonchev–Trinajstić information content (AvgIpc) is 3.04. The highest BCUT2D eigenvalue weighted by Crippen LogP contribution is 2.34. The lowest BCUT2D eigenvalue weighted by atomic mass is 9.75. The van der Waals surface area contributed by atoms with E-state index in [1.54, 1.807) is 0 Å². The molecule has 2 saturated heterocycles. The van der Waals surface area contributed by atoms with E-state index in [-0.39, 0.29) is 18.3 Å². The number of hydrogen-bond donors (Lipinski definition) is 1. The van der Waals surface area contributed by atoms with E-state index in [0.717, 1.165) is 51.9 Å². The number of likely N-dealkylation sites (tertiary alicyclic amines) is 1. The molecule has 1 amide bonds. The topological polar surface area (TPSA) is 63.1 Å². The zero-order valence-electron chi connectivity index (χ0n) is 15.0. The predicted octanol–water partition coefficient (Wildman–Crippen LogP) is 2.52. The fraction of sp³-hybridized carbons (Fsp3) is 0.824. The Morgan fingerprint density at radius 2 is 1.79 bits per heavy atom. The summed E-state index contributed by atoms with van der Waals surface area (Å²) in [5.74, 6) is 0.731.